The summed E-state index contributed by atoms with van der Waals surface area (Å²) >= 11 is 3.45. The maximum absolute atomic E-state index is 13.3. The predicted molar refractivity (Wildman–Crippen MR) is 146 cm³/mol. The van der Waals surface area contributed by atoms with Crippen molar-refractivity contribution < 1.29 is 13.2 Å². The first-order valence-corrected chi connectivity index (χ1v) is 13.4. The molecule has 1 aromatic heterocycles. The van der Waals surface area contributed by atoms with Gasteiger partial charge in [0.2, 0.25) is 0 Å². The number of sulfonamides is 1. The van der Waals surface area contributed by atoms with Gasteiger partial charge in [-0.1, -0.05) is 52.3 Å². The molecule has 1 amide bonds. The molecule has 0 aliphatic heterocycles. The van der Waals surface area contributed by atoms with Crippen LogP contribution in [0.3, 0.4) is 0 Å². The summed E-state index contributed by atoms with van der Waals surface area (Å²) in [7, 11) is -3.96. The summed E-state index contributed by atoms with van der Waals surface area (Å²) in [4.78, 5) is 12.9. The van der Waals surface area contributed by atoms with Crippen LogP contribution in [-0.2, 0) is 14.8 Å². The number of halogens is 1. The van der Waals surface area contributed by atoms with Crippen LogP contribution < -0.4 is 9.73 Å². The van der Waals surface area contributed by atoms with Gasteiger partial charge in [0.25, 0.3) is 15.9 Å². The number of carbonyl (C=O) groups excluding carboxylic acids is 1. The molecule has 0 aliphatic rings. The molecule has 1 heterocycles. The highest BCUT2D eigenvalue weighted by atomic mass is 79.9. The van der Waals surface area contributed by atoms with E-state index in [0.717, 1.165) is 31.4 Å². The summed E-state index contributed by atoms with van der Waals surface area (Å²) in [6, 6.07) is 26.5. The van der Waals surface area contributed by atoms with Crippen molar-refractivity contribution in [1.82, 2.24) is 9.99 Å². The third kappa shape index (κ3) is 5.58. The van der Waals surface area contributed by atoms with E-state index < -0.39 is 22.5 Å². The topological polar surface area (TPSA) is 83.8 Å². The Balaban J connectivity index is 1.52. The number of amides is 1. The van der Waals surface area contributed by atoms with Gasteiger partial charge in [0, 0.05) is 27.1 Å². The highest BCUT2D eigenvalue weighted by Gasteiger charge is 2.26. The average Bonchev–Trinajstić information content (AvgIpc) is 3.16. The molecule has 0 atom stereocenters. The lowest BCUT2D eigenvalue weighted by Crippen LogP contribution is -2.39. The summed E-state index contributed by atoms with van der Waals surface area (Å²) < 4.78 is 30.8. The molecule has 9 heteroatoms. The van der Waals surface area contributed by atoms with Crippen molar-refractivity contribution in [2.24, 2.45) is 5.10 Å². The van der Waals surface area contributed by atoms with Crippen molar-refractivity contribution in [3.05, 3.63) is 112 Å². The van der Waals surface area contributed by atoms with Crippen molar-refractivity contribution in [1.29, 1.82) is 0 Å². The van der Waals surface area contributed by atoms with Crippen LogP contribution in [0.2, 0.25) is 0 Å². The first-order chi connectivity index (χ1) is 17.3. The number of nitrogens with zero attached hydrogens (tertiary/aromatic N) is 3. The maximum Gasteiger partial charge on any atom is 0.264 e. The fraction of sp³-hybridized carbons (Fsp3) is 0.111. The number of benzene rings is 3. The van der Waals surface area contributed by atoms with E-state index in [1.165, 1.54) is 12.1 Å². The van der Waals surface area contributed by atoms with Crippen molar-refractivity contribution >= 4 is 43.8 Å². The molecule has 0 unspecified atom stereocenters. The zero-order chi connectivity index (χ0) is 25.7. The van der Waals surface area contributed by atoms with Gasteiger partial charge in [-0.05, 0) is 68.4 Å². The summed E-state index contributed by atoms with van der Waals surface area (Å²) in [5.74, 6) is -0.559. The van der Waals surface area contributed by atoms with Crippen LogP contribution in [-0.4, -0.2) is 31.7 Å². The van der Waals surface area contributed by atoms with Gasteiger partial charge in [-0.2, -0.15) is 5.10 Å². The Bertz CT molecular complexity index is 1480. The van der Waals surface area contributed by atoms with Gasteiger partial charge in [0.1, 0.15) is 6.54 Å². The lowest BCUT2D eigenvalue weighted by atomic mass is 10.2. The molecule has 0 saturated carbocycles. The minimum absolute atomic E-state index is 0.102. The molecule has 7 nitrogen and oxygen atoms in total. The number of carbonyl (C=O) groups is 1. The number of anilines is 1. The fourth-order valence-electron chi connectivity index (χ4n) is 3.87. The summed E-state index contributed by atoms with van der Waals surface area (Å²) in [6.07, 6.45) is 1.56. The largest absolute Gasteiger partial charge is 0.318 e. The smallest absolute Gasteiger partial charge is 0.264 e. The normalized spacial score (nSPS) is 11.5. The molecule has 0 aliphatic carbocycles. The van der Waals surface area contributed by atoms with Gasteiger partial charge in [0.05, 0.1) is 16.8 Å². The van der Waals surface area contributed by atoms with E-state index in [9.17, 15) is 13.2 Å². The van der Waals surface area contributed by atoms with Crippen molar-refractivity contribution in [3.8, 4) is 5.69 Å². The number of rotatable bonds is 8. The summed E-state index contributed by atoms with van der Waals surface area (Å²) in [6.45, 7) is 3.55. The van der Waals surface area contributed by atoms with E-state index in [1.807, 2.05) is 44.2 Å². The van der Waals surface area contributed by atoms with Crippen molar-refractivity contribution in [2.45, 2.75) is 18.7 Å². The van der Waals surface area contributed by atoms with Crippen LogP contribution in [0.15, 0.2) is 105 Å². The third-order valence-electron chi connectivity index (χ3n) is 5.61. The zero-order valence-electron chi connectivity index (χ0n) is 19.8. The lowest BCUT2D eigenvalue weighted by molar-refractivity contribution is -0.119. The van der Waals surface area contributed by atoms with Gasteiger partial charge >= 0.3 is 0 Å². The van der Waals surface area contributed by atoms with E-state index >= 15 is 0 Å². The van der Waals surface area contributed by atoms with Crippen LogP contribution in [0.1, 0.15) is 17.0 Å². The van der Waals surface area contributed by atoms with E-state index in [1.54, 1.807) is 54.7 Å². The minimum Gasteiger partial charge on any atom is -0.318 e. The molecule has 4 aromatic rings. The number of hydrogen-bond acceptors (Lipinski definition) is 4. The number of hydrogen-bond donors (Lipinski definition) is 1. The molecule has 3 aromatic carbocycles. The molecular weight excluding hydrogens is 540 g/mol. The fourth-order valence-corrected chi connectivity index (χ4v) is 5.58. The summed E-state index contributed by atoms with van der Waals surface area (Å²) in [5, 5.41) is 4.10. The summed E-state index contributed by atoms with van der Waals surface area (Å²) in [5.41, 5.74) is 6.69. The van der Waals surface area contributed by atoms with Crippen LogP contribution in [0, 0.1) is 13.8 Å². The number of nitrogens with one attached hydrogen (secondary N) is 1. The second kappa shape index (κ2) is 10.9. The quantitative estimate of drug-likeness (QED) is 0.236. The zero-order valence-corrected chi connectivity index (χ0v) is 22.2. The van der Waals surface area contributed by atoms with Crippen LogP contribution >= 0.6 is 15.9 Å². The Morgan fingerprint density at radius 3 is 2.22 bits per heavy atom. The Labute approximate surface area is 219 Å². The maximum atomic E-state index is 13.3. The first-order valence-electron chi connectivity index (χ1n) is 11.2. The van der Waals surface area contributed by atoms with Crippen LogP contribution in [0.25, 0.3) is 5.69 Å². The van der Waals surface area contributed by atoms with E-state index in [0.29, 0.717) is 5.69 Å². The van der Waals surface area contributed by atoms with Crippen LogP contribution in [0.5, 0.6) is 0 Å². The molecule has 1 N–H and O–H groups in total. The van der Waals surface area contributed by atoms with E-state index in [-0.39, 0.29) is 4.90 Å². The molecule has 0 saturated heterocycles. The number of para-hydroxylation sites is 1. The van der Waals surface area contributed by atoms with Crippen molar-refractivity contribution in [3.63, 3.8) is 0 Å². The Morgan fingerprint density at radius 1 is 0.972 bits per heavy atom. The Morgan fingerprint density at radius 2 is 1.58 bits per heavy atom. The standard InChI is InChI=1S/C27H25BrN4O3S/c1-20-17-22(21(2)32(20)25-15-13-23(28)14-16-25)18-29-30-27(33)19-31(24-9-5-3-6-10-24)36(34,35)26-11-7-4-8-12-26/h3-18H,19H2,1-2H3,(H,30,33)/b29-18-. The van der Waals surface area contributed by atoms with Gasteiger partial charge in [-0.25, -0.2) is 13.8 Å². The van der Waals surface area contributed by atoms with Gasteiger partial charge in [-0.15, -0.1) is 0 Å². The average molecular weight is 565 g/mol. The van der Waals surface area contributed by atoms with Gasteiger partial charge in [-0.3, -0.25) is 9.10 Å². The SMILES string of the molecule is Cc1cc(/C=N\NC(=O)CN(c2ccccc2)S(=O)(=O)c2ccccc2)c(C)n1-c1ccc(Br)cc1. The highest BCUT2D eigenvalue weighted by Crippen LogP contribution is 2.23. The molecular formula is C27H25BrN4O3S. The first kappa shape index (κ1) is 25.4. The van der Waals surface area contributed by atoms with Crippen molar-refractivity contribution in [2.75, 3.05) is 10.8 Å². The van der Waals surface area contributed by atoms with E-state index in [4.69, 9.17) is 0 Å². The second-order valence-corrected chi connectivity index (χ2v) is 10.9. The predicted octanol–water partition coefficient (Wildman–Crippen LogP) is 5.20. The molecule has 184 valence electrons. The number of hydrazone groups is 1. The molecule has 0 spiro atoms. The van der Waals surface area contributed by atoms with E-state index in [2.05, 4.69) is 31.0 Å². The Kier molecular flexibility index (Phi) is 7.71. The third-order valence-corrected chi connectivity index (χ3v) is 7.93. The minimum atomic E-state index is -3.96. The second-order valence-electron chi connectivity index (χ2n) is 8.09. The monoisotopic (exact) mass is 564 g/mol. The molecule has 4 rings (SSSR count). The highest BCUT2D eigenvalue weighted by molar-refractivity contribution is 9.10. The van der Waals surface area contributed by atoms with Gasteiger partial charge in [0.15, 0.2) is 0 Å². The van der Waals surface area contributed by atoms with Crippen LogP contribution in [0.4, 0.5) is 5.69 Å². The molecule has 0 bridgehead atoms. The molecule has 0 radical (unpaired) electrons. The molecule has 0 fully saturated rings. The number of aromatic nitrogens is 1. The lowest BCUT2D eigenvalue weighted by Gasteiger charge is -2.23. The Hall–Kier alpha value is -3.69. The number of aryl methyl sites for hydroxylation is 1. The van der Waals surface area contributed by atoms with Gasteiger partial charge < -0.3 is 4.57 Å². The molecule has 36 heavy (non-hydrogen) atoms.